The molecule has 0 aliphatic rings. The zero-order chi connectivity index (χ0) is 9.40. The average Bonchev–Trinajstić information content (AvgIpc) is 2.11. The monoisotopic (exact) mass is 162 g/mol. The van der Waals surface area contributed by atoms with Crippen LogP contribution in [-0.4, -0.2) is 5.78 Å². The van der Waals surface area contributed by atoms with Crippen LogP contribution < -0.4 is 0 Å². The zero-order valence-corrected chi connectivity index (χ0v) is 7.42. The number of hydrogen-bond acceptors (Lipinski definition) is 1. The van der Waals surface area contributed by atoms with Crippen LogP contribution in [0.4, 0.5) is 0 Å². The molecule has 1 nitrogen and oxygen atoms in total. The van der Waals surface area contributed by atoms with Crippen molar-refractivity contribution in [2.24, 2.45) is 0 Å². The normalized spacial score (nSPS) is 11.6. The second kappa shape index (κ2) is 6.35. The van der Waals surface area contributed by atoms with E-state index in [1.165, 1.54) is 0 Å². The standard InChI is InChI=1S/C11H14O/c1-4-7-9-10(8-5-2)11(12)6-3/h4-5,7-9H,1-2,6H2,3H3/b9-7-,10-8+. The van der Waals surface area contributed by atoms with E-state index < -0.39 is 0 Å². The first-order valence-electron chi connectivity index (χ1n) is 3.91. The molecule has 0 unspecified atom stereocenters. The van der Waals surface area contributed by atoms with Crippen LogP contribution in [0, 0.1) is 0 Å². The minimum atomic E-state index is 0.119. The molecule has 0 aromatic heterocycles. The van der Waals surface area contributed by atoms with Gasteiger partial charge in [-0.15, -0.1) is 0 Å². The lowest BCUT2D eigenvalue weighted by atomic mass is 10.1. The molecule has 12 heavy (non-hydrogen) atoms. The predicted molar refractivity (Wildman–Crippen MR) is 52.9 cm³/mol. The second-order valence-electron chi connectivity index (χ2n) is 2.23. The highest BCUT2D eigenvalue weighted by atomic mass is 16.1. The Labute approximate surface area is 73.8 Å². The van der Waals surface area contributed by atoms with Crippen molar-refractivity contribution >= 4 is 5.78 Å². The van der Waals surface area contributed by atoms with E-state index in [4.69, 9.17) is 0 Å². The van der Waals surface area contributed by atoms with Crippen molar-refractivity contribution in [3.05, 3.63) is 49.1 Å². The molecule has 0 aliphatic heterocycles. The summed E-state index contributed by atoms with van der Waals surface area (Å²) in [5.41, 5.74) is 0.674. The average molecular weight is 162 g/mol. The maximum atomic E-state index is 11.2. The number of rotatable bonds is 5. The molecule has 0 amide bonds. The molecule has 64 valence electrons. The molecule has 0 fully saturated rings. The van der Waals surface area contributed by atoms with E-state index in [0.717, 1.165) is 0 Å². The first-order chi connectivity index (χ1) is 5.76. The summed E-state index contributed by atoms with van der Waals surface area (Å²) in [6, 6.07) is 0. The topological polar surface area (TPSA) is 17.1 Å². The van der Waals surface area contributed by atoms with Crippen LogP contribution in [0.1, 0.15) is 13.3 Å². The van der Waals surface area contributed by atoms with Gasteiger partial charge in [-0.2, -0.15) is 0 Å². The molecular formula is C11H14O. The Hall–Kier alpha value is -1.37. The molecular weight excluding hydrogens is 148 g/mol. The van der Waals surface area contributed by atoms with Crippen LogP contribution >= 0.6 is 0 Å². The molecule has 0 saturated heterocycles. The number of carbonyl (C=O) groups excluding carboxylic acids is 1. The van der Waals surface area contributed by atoms with Crippen LogP contribution in [0.25, 0.3) is 0 Å². The molecule has 0 N–H and O–H groups in total. The quantitative estimate of drug-likeness (QED) is 0.448. The van der Waals surface area contributed by atoms with E-state index >= 15 is 0 Å². The smallest absolute Gasteiger partial charge is 0.162 e. The highest BCUT2D eigenvalue weighted by Crippen LogP contribution is 2.02. The summed E-state index contributed by atoms with van der Waals surface area (Å²) in [5, 5.41) is 0. The van der Waals surface area contributed by atoms with Gasteiger partial charge in [0.15, 0.2) is 5.78 Å². The third kappa shape index (κ3) is 3.71. The van der Waals surface area contributed by atoms with Gasteiger partial charge >= 0.3 is 0 Å². The molecule has 0 heterocycles. The van der Waals surface area contributed by atoms with Gasteiger partial charge in [0, 0.05) is 12.0 Å². The van der Waals surface area contributed by atoms with Gasteiger partial charge in [0.2, 0.25) is 0 Å². The highest BCUT2D eigenvalue weighted by molar-refractivity contribution is 5.98. The van der Waals surface area contributed by atoms with Gasteiger partial charge in [0.1, 0.15) is 0 Å². The minimum Gasteiger partial charge on any atom is -0.294 e. The van der Waals surface area contributed by atoms with Gasteiger partial charge < -0.3 is 0 Å². The van der Waals surface area contributed by atoms with Crippen LogP contribution in [0.5, 0.6) is 0 Å². The third-order valence-electron chi connectivity index (χ3n) is 1.35. The molecule has 0 rings (SSSR count). The van der Waals surface area contributed by atoms with E-state index in [2.05, 4.69) is 13.2 Å². The summed E-state index contributed by atoms with van der Waals surface area (Å²) in [4.78, 5) is 11.2. The lowest BCUT2D eigenvalue weighted by Crippen LogP contribution is -1.96. The van der Waals surface area contributed by atoms with E-state index in [1.54, 1.807) is 30.4 Å². The first-order valence-corrected chi connectivity index (χ1v) is 3.91. The fraction of sp³-hybridized carbons (Fsp3) is 0.182. The maximum Gasteiger partial charge on any atom is 0.162 e. The van der Waals surface area contributed by atoms with Crippen LogP contribution in [0.3, 0.4) is 0 Å². The van der Waals surface area contributed by atoms with Gasteiger partial charge in [-0.25, -0.2) is 0 Å². The van der Waals surface area contributed by atoms with Crippen molar-refractivity contribution in [2.45, 2.75) is 13.3 Å². The van der Waals surface area contributed by atoms with Crippen molar-refractivity contribution in [3.63, 3.8) is 0 Å². The molecule has 0 saturated carbocycles. The molecule has 0 atom stereocenters. The number of ketones is 1. The SMILES string of the molecule is C=C/C=C\C(=C/C=C)C(=O)CC. The number of Topliss-reactive ketones (excluding diaryl/α,β-unsaturated/α-hetero) is 1. The van der Waals surface area contributed by atoms with E-state index in [-0.39, 0.29) is 5.78 Å². The number of carbonyl (C=O) groups is 1. The summed E-state index contributed by atoms with van der Waals surface area (Å²) < 4.78 is 0. The third-order valence-corrected chi connectivity index (χ3v) is 1.35. The highest BCUT2D eigenvalue weighted by Gasteiger charge is 2.00. The summed E-state index contributed by atoms with van der Waals surface area (Å²) in [6.07, 6.45) is 8.94. The fourth-order valence-corrected chi connectivity index (χ4v) is 0.744. The maximum absolute atomic E-state index is 11.2. The van der Waals surface area contributed by atoms with E-state index in [0.29, 0.717) is 12.0 Å². The van der Waals surface area contributed by atoms with Gasteiger partial charge in [0.25, 0.3) is 0 Å². The van der Waals surface area contributed by atoms with Crippen molar-refractivity contribution in [1.82, 2.24) is 0 Å². The van der Waals surface area contributed by atoms with Crippen LogP contribution in [0.2, 0.25) is 0 Å². The summed E-state index contributed by atoms with van der Waals surface area (Å²) in [5.74, 6) is 0.119. The van der Waals surface area contributed by atoms with Crippen LogP contribution in [0.15, 0.2) is 49.1 Å². The Morgan fingerprint density at radius 1 is 1.33 bits per heavy atom. The van der Waals surface area contributed by atoms with Crippen LogP contribution in [-0.2, 0) is 4.79 Å². The number of allylic oxidation sites excluding steroid dienone is 6. The van der Waals surface area contributed by atoms with Gasteiger partial charge in [-0.05, 0) is 0 Å². The minimum absolute atomic E-state index is 0.119. The molecule has 0 radical (unpaired) electrons. The Balaban J connectivity index is 4.54. The lowest BCUT2D eigenvalue weighted by molar-refractivity contribution is -0.114. The molecule has 0 aliphatic carbocycles. The van der Waals surface area contributed by atoms with Gasteiger partial charge in [0.05, 0.1) is 0 Å². The molecule has 0 bridgehead atoms. The molecule has 0 aromatic rings. The molecule has 0 spiro atoms. The van der Waals surface area contributed by atoms with E-state index in [1.807, 2.05) is 6.92 Å². The summed E-state index contributed by atoms with van der Waals surface area (Å²) in [7, 11) is 0. The molecule has 1 heteroatoms. The number of hydrogen-bond donors (Lipinski definition) is 0. The Morgan fingerprint density at radius 3 is 2.42 bits per heavy atom. The Kier molecular flexibility index (Phi) is 5.62. The van der Waals surface area contributed by atoms with Crippen molar-refractivity contribution < 1.29 is 4.79 Å². The van der Waals surface area contributed by atoms with Crippen molar-refractivity contribution in [3.8, 4) is 0 Å². The summed E-state index contributed by atoms with van der Waals surface area (Å²) in [6.45, 7) is 8.90. The van der Waals surface area contributed by atoms with E-state index in [9.17, 15) is 4.79 Å². The largest absolute Gasteiger partial charge is 0.294 e. The van der Waals surface area contributed by atoms with Crippen molar-refractivity contribution in [2.75, 3.05) is 0 Å². The summed E-state index contributed by atoms with van der Waals surface area (Å²) >= 11 is 0. The second-order valence-corrected chi connectivity index (χ2v) is 2.23. The zero-order valence-electron chi connectivity index (χ0n) is 7.42. The Morgan fingerprint density at radius 2 is 2.00 bits per heavy atom. The predicted octanol–water partition coefficient (Wildman–Crippen LogP) is 2.82. The fourth-order valence-electron chi connectivity index (χ4n) is 0.744. The van der Waals surface area contributed by atoms with Gasteiger partial charge in [-0.3, -0.25) is 4.79 Å². The van der Waals surface area contributed by atoms with Crippen molar-refractivity contribution in [1.29, 1.82) is 0 Å². The van der Waals surface area contributed by atoms with Gasteiger partial charge in [-0.1, -0.05) is 50.5 Å². The molecule has 0 aromatic carbocycles. The Bertz CT molecular complexity index is 231. The first kappa shape index (κ1) is 10.6. The lowest BCUT2D eigenvalue weighted by Gasteiger charge is -1.95.